The molecule has 5 heteroatoms. The minimum absolute atomic E-state index is 0.215. The summed E-state index contributed by atoms with van der Waals surface area (Å²) in [5, 5.41) is 11.4. The van der Waals surface area contributed by atoms with Crippen LogP contribution in [0.15, 0.2) is 29.1 Å². The Morgan fingerprint density at radius 3 is 2.64 bits per heavy atom. The number of aromatic amines is 1. The zero-order valence-corrected chi connectivity index (χ0v) is 15.4. The molecule has 0 saturated heterocycles. The highest BCUT2D eigenvalue weighted by Crippen LogP contribution is 2.23. The Morgan fingerprint density at radius 2 is 1.96 bits per heavy atom. The predicted octanol–water partition coefficient (Wildman–Crippen LogP) is 4.38. The monoisotopic (exact) mass is 340 g/mol. The lowest BCUT2D eigenvalue weighted by Crippen LogP contribution is -2.22. The number of anilines is 1. The lowest BCUT2D eigenvalue weighted by Gasteiger charge is -2.14. The van der Waals surface area contributed by atoms with Crippen LogP contribution in [0.1, 0.15) is 57.7 Å². The fraction of sp³-hybridized carbons (Fsp3) is 0.450. The first kappa shape index (κ1) is 18.9. The number of aryl methyl sites for hydroxylation is 1. The highest BCUT2D eigenvalue weighted by molar-refractivity contribution is 6.01. The van der Waals surface area contributed by atoms with Crippen LogP contribution in [-0.2, 0) is 6.42 Å². The zero-order valence-electron chi connectivity index (χ0n) is 15.4. The summed E-state index contributed by atoms with van der Waals surface area (Å²) < 4.78 is 0. The van der Waals surface area contributed by atoms with Gasteiger partial charge in [-0.1, -0.05) is 51.0 Å². The Hall–Kier alpha value is -2.43. The Balaban J connectivity index is 2.56. The molecule has 0 bridgehead atoms. The van der Waals surface area contributed by atoms with Gasteiger partial charge in [-0.25, -0.2) is 4.98 Å². The summed E-state index contributed by atoms with van der Waals surface area (Å²) in [4.78, 5) is 20.2. The Labute approximate surface area is 149 Å². The van der Waals surface area contributed by atoms with E-state index in [1.165, 1.54) is 5.56 Å². The molecule has 0 aliphatic heterocycles. The second-order valence-electron chi connectivity index (χ2n) is 6.16. The van der Waals surface area contributed by atoms with Gasteiger partial charge < -0.3 is 15.7 Å². The molecule has 1 aromatic heterocycles. The van der Waals surface area contributed by atoms with Gasteiger partial charge in [0.05, 0.1) is 5.71 Å². The van der Waals surface area contributed by atoms with Crippen molar-refractivity contribution in [2.75, 3.05) is 11.9 Å². The minimum atomic E-state index is -0.215. The van der Waals surface area contributed by atoms with Gasteiger partial charge in [0.1, 0.15) is 17.2 Å². The van der Waals surface area contributed by atoms with Crippen molar-refractivity contribution in [3.05, 3.63) is 45.9 Å². The molecule has 0 amide bonds. The topological polar surface area (TPSA) is 81.6 Å². The van der Waals surface area contributed by atoms with Crippen LogP contribution in [0.2, 0.25) is 0 Å². The Morgan fingerprint density at radius 1 is 1.20 bits per heavy atom. The minimum Gasteiger partial charge on any atom is -0.379 e. The Kier molecular flexibility index (Phi) is 6.92. The molecule has 0 fully saturated rings. The molecule has 0 atom stereocenters. The maximum absolute atomic E-state index is 12.6. The lowest BCUT2D eigenvalue weighted by atomic mass is 10.0. The molecule has 134 valence electrons. The van der Waals surface area contributed by atoms with Crippen molar-refractivity contribution < 1.29 is 0 Å². The van der Waals surface area contributed by atoms with Gasteiger partial charge in [-0.3, -0.25) is 4.79 Å². The number of hydrogen-bond donors (Lipinski definition) is 3. The molecule has 0 aliphatic carbocycles. The van der Waals surface area contributed by atoms with Crippen molar-refractivity contribution in [1.29, 1.82) is 5.41 Å². The number of benzene rings is 1. The van der Waals surface area contributed by atoms with Gasteiger partial charge in [0.2, 0.25) is 0 Å². The molecule has 2 rings (SSSR count). The molecule has 3 N–H and O–H groups in total. The molecule has 1 aromatic carbocycles. The molecule has 0 spiro atoms. The lowest BCUT2D eigenvalue weighted by molar-refractivity contribution is 0.795. The first-order chi connectivity index (χ1) is 12.1. The van der Waals surface area contributed by atoms with Crippen LogP contribution in [-0.4, -0.2) is 22.2 Å². The van der Waals surface area contributed by atoms with Gasteiger partial charge in [0, 0.05) is 12.1 Å². The molecule has 0 radical (unpaired) electrons. The molecule has 0 saturated carbocycles. The van der Waals surface area contributed by atoms with Crippen molar-refractivity contribution in [2.24, 2.45) is 0 Å². The SMILES string of the molecule is CCCCc1ccccc1-c1nc(C(=N)CCC)c(NCC)c(=O)[nH]1. The third-order valence-electron chi connectivity index (χ3n) is 4.13. The highest BCUT2D eigenvalue weighted by Gasteiger charge is 2.16. The zero-order chi connectivity index (χ0) is 18.2. The molecule has 0 unspecified atom stereocenters. The van der Waals surface area contributed by atoms with Crippen molar-refractivity contribution in [3.8, 4) is 11.4 Å². The van der Waals surface area contributed by atoms with Crippen LogP contribution in [0.5, 0.6) is 0 Å². The van der Waals surface area contributed by atoms with E-state index in [2.05, 4.69) is 28.3 Å². The summed E-state index contributed by atoms with van der Waals surface area (Å²) in [7, 11) is 0. The van der Waals surface area contributed by atoms with Gasteiger partial charge in [0.25, 0.3) is 5.56 Å². The van der Waals surface area contributed by atoms with E-state index in [1.54, 1.807) is 0 Å². The van der Waals surface area contributed by atoms with E-state index in [-0.39, 0.29) is 5.56 Å². The molecular formula is C20H28N4O. The van der Waals surface area contributed by atoms with Gasteiger partial charge in [-0.2, -0.15) is 0 Å². The van der Waals surface area contributed by atoms with Crippen molar-refractivity contribution in [2.45, 2.75) is 52.9 Å². The summed E-state index contributed by atoms with van der Waals surface area (Å²) >= 11 is 0. The van der Waals surface area contributed by atoms with Crippen LogP contribution in [0, 0.1) is 5.41 Å². The maximum atomic E-state index is 12.6. The van der Waals surface area contributed by atoms with Gasteiger partial charge in [0.15, 0.2) is 0 Å². The van der Waals surface area contributed by atoms with E-state index < -0.39 is 0 Å². The van der Waals surface area contributed by atoms with E-state index >= 15 is 0 Å². The number of nitrogens with one attached hydrogen (secondary N) is 3. The van der Waals surface area contributed by atoms with Crippen molar-refractivity contribution in [3.63, 3.8) is 0 Å². The van der Waals surface area contributed by atoms with E-state index in [4.69, 9.17) is 5.41 Å². The first-order valence-electron chi connectivity index (χ1n) is 9.16. The Bertz CT molecular complexity index is 780. The molecule has 25 heavy (non-hydrogen) atoms. The standard InChI is InChI=1S/C20H28N4O/c1-4-7-11-14-12-8-9-13-15(14)19-23-17(16(21)10-5-2)18(22-6-3)20(25)24-19/h8-9,12-13,21-22H,4-7,10-11H2,1-3H3,(H,23,24,25). The van der Waals surface area contributed by atoms with Crippen LogP contribution in [0.3, 0.4) is 0 Å². The predicted molar refractivity (Wildman–Crippen MR) is 105 cm³/mol. The summed E-state index contributed by atoms with van der Waals surface area (Å²) in [6.45, 7) is 6.73. The van der Waals surface area contributed by atoms with Gasteiger partial charge in [-0.15, -0.1) is 0 Å². The summed E-state index contributed by atoms with van der Waals surface area (Å²) in [6, 6.07) is 8.04. The smallest absolute Gasteiger partial charge is 0.275 e. The fourth-order valence-corrected chi connectivity index (χ4v) is 2.86. The van der Waals surface area contributed by atoms with Crippen molar-refractivity contribution in [1.82, 2.24) is 9.97 Å². The number of aromatic nitrogens is 2. The van der Waals surface area contributed by atoms with Gasteiger partial charge in [-0.05, 0) is 31.7 Å². The quantitative estimate of drug-likeness (QED) is 0.593. The van der Waals surface area contributed by atoms with Crippen molar-refractivity contribution >= 4 is 11.4 Å². The fourth-order valence-electron chi connectivity index (χ4n) is 2.86. The molecule has 2 aromatic rings. The largest absolute Gasteiger partial charge is 0.379 e. The summed E-state index contributed by atoms with van der Waals surface area (Å²) in [5.74, 6) is 0.550. The summed E-state index contributed by atoms with van der Waals surface area (Å²) in [6.07, 6.45) is 4.61. The van der Waals surface area contributed by atoms with E-state index in [9.17, 15) is 4.79 Å². The van der Waals surface area contributed by atoms with Gasteiger partial charge >= 0.3 is 0 Å². The van der Waals surface area contributed by atoms with E-state index in [1.807, 2.05) is 32.0 Å². The second kappa shape index (κ2) is 9.16. The number of H-pyrrole nitrogens is 1. The van der Waals surface area contributed by atoms with Crippen LogP contribution >= 0.6 is 0 Å². The van der Waals surface area contributed by atoms with E-state index in [0.717, 1.165) is 31.2 Å². The molecule has 1 heterocycles. The number of nitrogens with zero attached hydrogens (tertiary/aromatic N) is 1. The molecular weight excluding hydrogens is 312 g/mol. The average Bonchev–Trinajstić information content (AvgIpc) is 2.62. The number of hydrogen-bond acceptors (Lipinski definition) is 4. The average molecular weight is 340 g/mol. The normalized spacial score (nSPS) is 10.7. The van der Waals surface area contributed by atoms with Crippen LogP contribution < -0.4 is 10.9 Å². The van der Waals surface area contributed by atoms with Crippen LogP contribution in [0.4, 0.5) is 5.69 Å². The van der Waals surface area contributed by atoms with E-state index in [0.29, 0.717) is 35.9 Å². The van der Waals surface area contributed by atoms with Crippen LogP contribution in [0.25, 0.3) is 11.4 Å². The summed E-state index contributed by atoms with van der Waals surface area (Å²) in [5.41, 5.74) is 3.17. The third kappa shape index (κ3) is 4.56. The highest BCUT2D eigenvalue weighted by atomic mass is 16.1. The maximum Gasteiger partial charge on any atom is 0.275 e. The first-order valence-corrected chi connectivity index (χ1v) is 9.16. The number of rotatable bonds is 9. The second-order valence-corrected chi connectivity index (χ2v) is 6.16. The number of unbranched alkanes of at least 4 members (excludes halogenated alkanes) is 1. The molecule has 0 aliphatic rings. The molecule has 5 nitrogen and oxygen atoms in total. The third-order valence-corrected chi connectivity index (χ3v) is 4.13.